The van der Waals surface area contributed by atoms with E-state index >= 15 is 0 Å². The lowest BCUT2D eigenvalue weighted by atomic mass is 9.97. The molecule has 1 aliphatic rings. The topological polar surface area (TPSA) is 46.6 Å². The van der Waals surface area contributed by atoms with Crippen molar-refractivity contribution in [2.24, 2.45) is 5.92 Å². The van der Waals surface area contributed by atoms with Gasteiger partial charge in [-0.05, 0) is 24.1 Å². The van der Waals surface area contributed by atoms with E-state index in [9.17, 15) is 9.59 Å². The Morgan fingerprint density at radius 3 is 2.75 bits per heavy atom. The average Bonchev–Trinajstić information content (AvgIpc) is 2.44. The van der Waals surface area contributed by atoms with Crippen molar-refractivity contribution in [3.05, 3.63) is 34.3 Å². The fourth-order valence-corrected chi connectivity index (χ4v) is 2.45. The third-order valence-electron chi connectivity index (χ3n) is 3.54. The van der Waals surface area contributed by atoms with E-state index < -0.39 is 0 Å². The van der Waals surface area contributed by atoms with Crippen LogP contribution in [-0.2, 0) is 20.7 Å². The van der Waals surface area contributed by atoms with Gasteiger partial charge < -0.3 is 9.64 Å². The van der Waals surface area contributed by atoms with Gasteiger partial charge in [0.25, 0.3) is 0 Å². The van der Waals surface area contributed by atoms with Crippen LogP contribution >= 0.6 is 15.9 Å². The number of benzene rings is 1. The molecule has 0 aliphatic carbocycles. The van der Waals surface area contributed by atoms with Crippen LogP contribution in [0.2, 0.25) is 0 Å². The first-order valence-electron chi connectivity index (χ1n) is 6.71. The number of carbonyl (C=O) groups excluding carboxylic acids is 2. The van der Waals surface area contributed by atoms with Gasteiger partial charge in [-0.1, -0.05) is 28.1 Å². The number of likely N-dealkylation sites (tertiary alicyclic amines) is 1. The van der Waals surface area contributed by atoms with Gasteiger partial charge in [0.1, 0.15) is 0 Å². The van der Waals surface area contributed by atoms with Gasteiger partial charge in [0.2, 0.25) is 5.91 Å². The molecule has 1 aromatic rings. The second-order valence-corrected chi connectivity index (χ2v) is 5.96. The normalized spacial score (nSPS) is 19.0. The molecule has 4 nitrogen and oxygen atoms in total. The van der Waals surface area contributed by atoms with E-state index in [2.05, 4.69) is 15.9 Å². The second kappa shape index (κ2) is 6.88. The van der Waals surface area contributed by atoms with Crippen LogP contribution in [0.1, 0.15) is 18.4 Å². The number of amides is 1. The maximum atomic E-state index is 11.9. The highest BCUT2D eigenvalue weighted by Gasteiger charge is 2.29. The van der Waals surface area contributed by atoms with Crippen molar-refractivity contribution in [2.75, 3.05) is 20.2 Å². The molecule has 0 saturated carbocycles. The summed E-state index contributed by atoms with van der Waals surface area (Å²) in [5.41, 5.74) is 1.13. The summed E-state index contributed by atoms with van der Waals surface area (Å²) in [7, 11) is 1.76. The molecule has 20 heavy (non-hydrogen) atoms. The minimum atomic E-state index is -0.274. The third kappa shape index (κ3) is 4.07. The molecule has 0 radical (unpaired) electrons. The lowest BCUT2D eigenvalue weighted by molar-refractivity contribution is -0.154. The predicted octanol–water partition coefficient (Wildman–Crippen LogP) is 2.40. The molecular weight excluding hydrogens is 322 g/mol. The number of piperidine rings is 1. The molecule has 0 N–H and O–H groups in total. The summed E-state index contributed by atoms with van der Waals surface area (Å²) in [6, 6.07) is 7.92. The van der Waals surface area contributed by atoms with E-state index in [1.807, 2.05) is 24.3 Å². The van der Waals surface area contributed by atoms with Gasteiger partial charge in [-0.3, -0.25) is 9.59 Å². The fourth-order valence-electron chi connectivity index (χ4n) is 2.18. The van der Waals surface area contributed by atoms with Crippen molar-refractivity contribution in [1.29, 1.82) is 0 Å². The van der Waals surface area contributed by atoms with Crippen LogP contribution in [0.15, 0.2) is 28.7 Å². The van der Waals surface area contributed by atoms with Crippen LogP contribution in [-0.4, -0.2) is 37.0 Å². The molecule has 2 rings (SSSR count). The Hall–Kier alpha value is -1.36. The number of nitrogens with zero attached hydrogens (tertiary/aromatic N) is 1. The molecule has 108 valence electrons. The Bertz CT molecular complexity index is 486. The molecule has 1 aromatic carbocycles. The van der Waals surface area contributed by atoms with Crippen molar-refractivity contribution < 1.29 is 14.3 Å². The Balaban J connectivity index is 1.75. The molecule has 1 fully saturated rings. The van der Waals surface area contributed by atoms with Crippen LogP contribution in [0.3, 0.4) is 0 Å². The lowest BCUT2D eigenvalue weighted by Crippen LogP contribution is -2.38. The summed E-state index contributed by atoms with van der Waals surface area (Å²) in [6.07, 6.45) is 1.66. The highest BCUT2D eigenvalue weighted by molar-refractivity contribution is 9.10. The first-order chi connectivity index (χ1) is 9.56. The van der Waals surface area contributed by atoms with Gasteiger partial charge in [-0.15, -0.1) is 0 Å². The number of rotatable bonds is 4. The number of ether oxygens (including phenoxy) is 1. The van der Waals surface area contributed by atoms with Gasteiger partial charge in [0.15, 0.2) is 0 Å². The molecule has 5 heteroatoms. The summed E-state index contributed by atoms with van der Waals surface area (Å²) in [4.78, 5) is 25.1. The Morgan fingerprint density at radius 1 is 1.40 bits per heavy atom. The van der Waals surface area contributed by atoms with E-state index in [1.54, 1.807) is 11.9 Å². The van der Waals surface area contributed by atoms with E-state index in [0.717, 1.165) is 10.0 Å². The molecule has 1 heterocycles. The molecule has 1 aliphatic heterocycles. The molecule has 0 unspecified atom stereocenters. The molecule has 1 saturated heterocycles. The number of halogens is 1. The SMILES string of the molecule is CN1CC[C@H](C(=O)OCCc2ccc(Br)cc2)CC1=O. The van der Waals surface area contributed by atoms with Gasteiger partial charge in [-0.25, -0.2) is 0 Å². The number of hydrogen-bond donors (Lipinski definition) is 0. The average molecular weight is 340 g/mol. The van der Waals surface area contributed by atoms with Crippen LogP contribution in [0, 0.1) is 5.92 Å². The van der Waals surface area contributed by atoms with E-state index in [0.29, 0.717) is 26.0 Å². The quantitative estimate of drug-likeness (QED) is 0.791. The second-order valence-electron chi connectivity index (χ2n) is 5.05. The Kier molecular flexibility index (Phi) is 5.17. The van der Waals surface area contributed by atoms with Crippen LogP contribution in [0.4, 0.5) is 0 Å². The van der Waals surface area contributed by atoms with Crippen LogP contribution < -0.4 is 0 Å². The zero-order valence-electron chi connectivity index (χ0n) is 11.5. The van der Waals surface area contributed by atoms with Gasteiger partial charge in [0.05, 0.1) is 12.5 Å². The zero-order valence-corrected chi connectivity index (χ0v) is 13.1. The van der Waals surface area contributed by atoms with Gasteiger partial charge in [-0.2, -0.15) is 0 Å². The first kappa shape index (κ1) is 15.0. The lowest BCUT2D eigenvalue weighted by Gasteiger charge is -2.27. The fraction of sp³-hybridized carbons (Fsp3) is 0.467. The minimum Gasteiger partial charge on any atom is -0.465 e. The van der Waals surface area contributed by atoms with E-state index in [-0.39, 0.29) is 24.2 Å². The van der Waals surface area contributed by atoms with Crippen molar-refractivity contribution in [3.63, 3.8) is 0 Å². The highest BCUT2D eigenvalue weighted by Crippen LogP contribution is 2.19. The van der Waals surface area contributed by atoms with Crippen molar-refractivity contribution in [1.82, 2.24) is 4.90 Å². The van der Waals surface area contributed by atoms with Crippen LogP contribution in [0.5, 0.6) is 0 Å². The Labute approximate surface area is 127 Å². The van der Waals surface area contributed by atoms with Crippen molar-refractivity contribution in [2.45, 2.75) is 19.3 Å². The largest absolute Gasteiger partial charge is 0.465 e. The summed E-state index contributed by atoms with van der Waals surface area (Å²) in [5, 5.41) is 0. The minimum absolute atomic E-state index is 0.0195. The molecule has 0 bridgehead atoms. The van der Waals surface area contributed by atoms with Gasteiger partial charge >= 0.3 is 5.97 Å². The molecule has 0 spiro atoms. The molecule has 0 aromatic heterocycles. The molecular formula is C15H18BrNO3. The van der Waals surface area contributed by atoms with E-state index in [4.69, 9.17) is 4.74 Å². The number of esters is 1. The maximum Gasteiger partial charge on any atom is 0.309 e. The highest BCUT2D eigenvalue weighted by atomic mass is 79.9. The Morgan fingerprint density at radius 2 is 2.10 bits per heavy atom. The molecule has 1 amide bonds. The van der Waals surface area contributed by atoms with Crippen molar-refractivity contribution >= 4 is 27.8 Å². The molecule has 1 atom stereocenters. The standard InChI is InChI=1S/C15H18BrNO3/c1-17-8-6-12(10-14(17)18)15(19)20-9-7-11-2-4-13(16)5-3-11/h2-5,12H,6-10H2,1H3/t12-/m0/s1. The summed E-state index contributed by atoms with van der Waals surface area (Å²) in [5.74, 6) is -0.502. The van der Waals surface area contributed by atoms with Crippen molar-refractivity contribution in [3.8, 4) is 0 Å². The summed E-state index contributed by atoms with van der Waals surface area (Å²) in [6.45, 7) is 0.992. The smallest absolute Gasteiger partial charge is 0.309 e. The van der Waals surface area contributed by atoms with Crippen LogP contribution in [0.25, 0.3) is 0 Å². The van der Waals surface area contributed by atoms with Gasteiger partial charge in [0, 0.05) is 30.9 Å². The predicted molar refractivity (Wildman–Crippen MR) is 79.2 cm³/mol. The third-order valence-corrected chi connectivity index (χ3v) is 4.07. The summed E-state index contributed by atoms with van der Waals surface area (Å²) >= 11 is 3.38. The number of hydrogen-bond acceptors (Lipinski definition) is 3. The zero-order chi connectivity index (χ0) is 14.5. The maximum absolute atomic E-state index is 11.9. The summed E-state index contributed by atoms with van der Waals surface area (Å²) < 4.78 is 6.31. The monoisotopic (exact) mass is 339 g/mol. The first-order valence-corrected chi connectivity index (χ1v) is 7.50. The number of carbonyl (C=O) groups is 2. The van der Waals surface area contributed by atoms with E-state index in [1.165, 1.54) is 0 Å².